The normalized spacial score (nSPS) is 22.8. The SMILES string of the molecule is C=CC(=O)NC1CCN(S(=O)(=O)c2ccc(C(=O)NCCC3CCOCC3)cc2)C(C)C1. The Labute approximate surface area is 190 Å². The second-order valence-corrected chi connectivity index (χ2v) is 10.4. The smallest absolute Gasteiger partial charge is 0.251 e. The second-order valence-electron chi connectivity index (χ2n) is 8.52. The first-order valence-corrected chi connectivity index (χ1v) is 12.7. The third-order valence-electron chi connectivity index (χ3n) is 6.25. The van der Waals surface area contributed by atoms with E-state index >= 15 is 0 Å². The monoisotopic (exact) mass is 463 g/mol. The van der Waals surface area contributed by atoms with Gasteiger partial charge in [-0.2, -0.15) is 4.31 Å². The molecule has 1 aromatic rings. The summed E-state index contributed by atoms with van der Waals surface area (Å²) >= 11 is 0. The number of nitrogens with zero attached hydrogens (tertiary/aromatic N) is 1. The van der Waals surface area contributed by atoms with Gasteiger partial charge in [-0.05, 0) is 75.3 Å². The molecule has 32 heavy (non-hydrogen) atoms. The van der Waals surface area contributed by atoms with Crippen molar-refractivity contribution < 1.29 is 22.7 Å². The molecule has 0 aliphatic carbocycles. The highest BCUT2D eigenvalue weighted by atomic mass is 32.2. The number of carbonyl (C=O) groups excluding carboxylic acids is 2. The molecule has 2 aliphatic heterocycles. The molecule has 1 aromatic carbocycles. The van der Waals surface area contributed by atoms with Gasteiger partial charge in [-0.3, -0.25) is 9.59 Å². The minimum absolute atomic E-state index is 0.0749. The summed E-state index contributed by atoms with van der Waals surface area (Å²) in [6, 6.07) is 5.75. The van der Waals surface area contributed by atoms with Crippen LogP contribution in [0, 0.1) is 5.92 Å². The highest BCUT2D eigenvalue weighted by molar-refractivity contribution is 7.89. The van der Waals surface area contributed by atoms with Crippen LogP contribution in [0.25, 0.3) is 0 Å². The lowest BCUT2D eigenvalue weighted by molar-refractivity contribution is -0.117. The average Bonchev–Trinajstić information content (AvgIpc) is 2.79. The van der Waals surface area contributed by atoms with Crippen molar-refractivity contribution >= 4 is 21.8 Å². The average molecular weight is 464 g/mol. The molecule has 0 bridgehead atoms. The zero-order chi connectivity index (χ0) is 23.1. The first-order valence-electron chi connectivity index (χ1n) is 11.2. The van der Waals surface area contributed by atoms with Gasteiger partial charge < -0.3 is 15.4 Å². The summed E-state index contributed by atoms with van der Waals surface area (Å²) in [5.41, 5.74) is 0.440. The number of hydrogen-bond donors (Lipinski definition) is 2. The van der Waals surface area contributed by atoms with Crippen LogP contribution < -0.4 is 10.6 Å². The van der Waals surface area contributed by atoms with Crippen LogP contribution in [0.15, 0.2) is 41.8 Å². The molecule has 2 fully saturated rings. The summed E-state index contributed by atoms with van der Waals surface area (Å²) in [5.74, 6) is 0.126. The Morgan fingerprint density at radius 2 is 1.88 bits per heavy atom. The molecule has 0 radical (unpaired) electrons. The van der Waals surface area contributed by atoms with Gasteiger partial charge in [0.1, 0.15) is 0 Å². The lowest BCUT2D eigenvalue weighted by Crippen LogP contribution is -2.50. The number of piperidine rings is 1. The summed E-state index contributed by atoms with van der Waals surface area (Å²) in [5, 5.41) is 5.76. The van der Waals surface area contributed by atoms with E-state index in [1.165, 1.54) is 22.5 Å². The van der Waals surface area contributed by atoms with Gasteiger partial charge in [-0.15, -0.1) is 0 Å². The zero-order valence-corrected chi connectivity index (χ0v) is 19.4. The van der Waals surface area contributed by atoms with E-state index < -0.39 is 10.0 Å². The first-order chi connectivity index (χ1) is 15.3. The molecule has 2 unspecified atom stereocenters. The highest BCUT2D eigenvalue weighted by Crippen LogP contribution is 2.26. The van der Waals surface area contributed by atoms with Crippen molar-refractivity contribution in [3.63, 3.8) is 0 Å². The number of sulfonamides is 1. The van der Waals surface area contributed by atoms with Crippen LogP contribution in [0.1, 0.15) is 49.4 Å². The minimum Gasteiger partial charge on any atom is -0.381 e. The van der Waals surface area contributed by atoms with Crippen molar-refractivity contribution in [1.82, 2.24) is 14.9 Å². The molecule has 2 atom stereocenters. The molecular formula is C23H33N3O5S. The Kier molecular flexibility index (Phi) is 8.44. The quantitative estimate of drug-likeness (QED) is 0.575. The topological polar surface area (TPSA) is 105 Å². The van der Waals surface area contributed by atoms with E-state index in [2.05, 4.69) is 17.2 Å². The molecule has 9 heteroatoms. The van der Waals surface area contributed by atoms with E-state index in [1.54, 1.807) is 12.1 Å². The number of ether oxygens (including phenoxy) is 1. The second kappa shape index (κ2) is 11.1. The molecule has 2 N–H and O–H groups in total. The maximum Gasteiger partial charge on any atom is 0.251 e. The molecule has 2 aliphatic rings. The Bertz CT molecular complexity index is 910. The zero-order valence-electron chi connectivity index (χ0n) is 18.6. The van der Waals surface area contributed by atoms with E-state index in [4.69, 9.17) is 4.74 Å². The first kappa shape index (κ1) is 24.4. The summed E-state index contributed by atoms with van der Waals surface area (Å²) in [4.78, 5) is 24.1. The fourth-order valence-electron chi connectivity index (χ4n) is 4.34. The molecule has 176 valence electrons. The molecule has 8 nitrogen and oxygen atoms in total. The predicted molar refractivity (Wildman–Crippen MR) is 122 cm³/mol. The summed E-state index contributed by atoms with van der Waals surface area (Å²) < 4.78 is 33.1. The van der Waals surface area contributed by atoms with Gasteiger partial charge >= 0.3 is 0 Å². The largest absolute Gasteiger partial charge is 0.381 e. The molecular weight excluding hydrogens is 430 g/mol. The summed E-state index contributed by atoms with van der Waals surface area (Å²) in [6.45, 7) is 7.77. The van der Waals surface area contributed by atoms with Gasteiger partial charge in [0.05, 0.1) is 4.90 Å². The van der Waals surface area contributed by atoms with E-state index in [1.807, 2.05) is 6.92 Å². The summed E-state index contributed by atoms with van der Waals surface area (Å²) in [7, 11) is -3.69. The Morgan fingerprint density at radius 3 is 2.50 bits per heavy atom. The lowest BCUT2D eigenvalue weighted by atomic mass is 9.97. The van der Waals surface area contributed by atoms with Gasteiger partial charge in [0.2, 0.25) is 15.9 Å². The molecule has 2 amide bonds. The number of nitrogens with one attached hydrogen (secondary N) is 2. The van der Waals surface area contributed by atoms with Crippen LogP contribution >= 0.6 is 0 Å². The van der Waals surface area contributed by atoms with Crippen LogP contribution in [0.2, 0.25) is 0 Å². The molecule has 3 rings (SSSR count). The molecule has 0 spiro atoms. The predicted octanol–water partition coefficient (Wildman–Crippen LogP) is 2.08. The van der Waals surface area contributed by atoms with Gasteiger partial charge in [-0.1, -0.05) is 6.58 Å². The van der Waals surface area contributed by atoms with Crippen molar-refractivity contribution in [3.05, 3.63) is 42.5 Å². The van der Waals surface area contributed by atoms with Crippen molar-refractivity contribution in [3.8, 4) is 0 Å². The van der Waals surface area contributed by atoms with Gasteiger partial charge in [-0.25, -0.2) is 8.42 Å². The van der Waals surface area contributed by atoms with Crippen LogP contribution in [0.5, 0.6) is 0 Å². The number of amides is 2. The van der Waals surface area contributed by atoms with Crippen molar-refractivity contribution in [2.24, 2.45) is 5.92 Å². The lowest BCUT2D eigenvalue weighted by Gasteiger charge is -2.36. The van der Waals surface area contributed by atoms with E-state index in [9.17, 15) is 18.0 Å². The van der Waals surface area contributed by atoms with Crippen molar-refractivity contribution in [2.45, 2.75) is 56.0 Å². The Balaban J connectivity index is 1.55. The number of hydrogen-bond acceptors (Lipinski definition) is 5. The molecule has 2 heterocycles. The van der Waals surface area contributed by atoms with Crippen LogP contribution in [0.3, 0.4) is 0 Å². The Morgan fingerprint density at radius 1 is 1.19 bits per heavy atom. The van der Waals surface area contributed by atoms with E-state index in [-0.39, 0.29) is 28.8 Å². The summed E-state index contributed by atoms with van der Waals surface area (Å²) in [6.07, 6.45) is 5.26. The third-order valence-corrected chi connectivity index (χ3v) is 8.28. The number of carbonyl (C=O) groups is 2. The van der Waals surface area contributed by atoms with Gasteiger partial charge in [0.25, 0.3) is 5.91 Å². The maximum absolute atomic E-state index is 13.1. The standard InChI is InChI=1S/C23H33N3O5S/c1-3-22(27)25-20-9-13-26(17(2)16-20)32(29,30)21-6-4-19(5-7-21)23(28)24-12-8-18-10-14-31-15-11-18/h3-7,17-18,20H,1,8-16H2,2H3,(H,24,28)(H,25,27). The Hall–Kier alpha value is -2.23. The fourth-order valence-corrected chi connectivity index (χ4v) is 6.00. The maximum atomic E-state index is 13.1. The van der Waals surface area contributed by atoms with Gasteiger partial charge in [0, 0.05) is 44.0 Å². The van der Waals surface area contributed by atoms with Crippen LogP contribution in [-0.2, 0) is 19.6 Å². The fraction of sp³-hybridized carbons (Fsp3) is 0.565. The number of rotatable bonds is 8. The number of benzene rings is 1. The highest BCUT2D eigenvalue weighted by Gasteiger charge is 2.34. The minimum atomic E-state index is -3.69. The molecule has 2 saturated heterocycles. The molecule has 0 aromatic heterocycles. The van der Waals surface area contributed by atoms with Crippen LogP contribution in [0.4, 0.5) is 0 Å². The van der Waals surface area contributed by atoms with Crippen molar-refractivity contribution in [2.75, 3.05) is 26.3 Å². The van der Waals surface area contributed by atoms with Crippen LogP contribution in [-0.4, -0.2) is 62.9 Å². The van der Waals surface area contributed by atoms with Gasteiger partial charge in [0.15, 0.2) is 0 Å². The third kappa shape index (κ3) is 6.17. The van der Waals surface area contributed by atoms with Crippen molar-refractivity contribution in [1.29, 1.82) is 0 Å². The van der Waals surface area contributed by atoms with E-state index in [0.717, 1.165) is 32.5 Å². The molecule has 0 saturated carbocycles. The van der Waals surface area contributed by atoms with E-state index in [0.29, 0.717) is 37.4 Å².